The van der Waals surface area contributed by atoms with Gasteiger partial charge in [0, 0.05) is 13.6 Å². The molecule has 0 aromatic carbocycles. The van der Waals surface area contributed by atoms with Crippen LogP contribution in [0.25, 0.3) is 0 Å². The molecule has 0 aromatic heterocycles. The molecule has 1 radical (unpaired) electrons. The summed E-state index contributed by atoms with van der Waals surface area (Å²) in [4.78, 5) is 8.25. The van der Waals surface area contributed by atoms with E-state index in [1.165, 1.54) is 0 Å². The van der Waals surface area contributed by atoms with Gasteiger partial charge in [-0.05, 0) is 6.79 Å². The van der Waals surface area contributed by atoms with Gasteiger partial charge in [0.1, 0.15) is 13.6 Å². The van der Waals surface area contributed by atoms with Gasteiger partial charge in [0.15, 0.2) is 0 Å². The predicted molar refractivity (Wildman–Crippen MR) is 147 cm³/mol. The second kappa shape index (κ2) is 2340. The summed E-state index contributed by atoms with van der Waals surface area (Å²) in [7, 11) is 1.00. The van der Waals surface area contributed by atoms with Crippen molar-refractivity contribution in [2.45, 2.75) is 104 Å². The Labute approximate surface area is 222 Å². The van der Waals surface area contributed by atoms with Gasteiger partial charge in [0.25, 0.3) is 0 Å². The average molecular weight is 579 g/mol. The summed E-state index contributed by atoms with van der Waals surface area (Å²) in [5, 5.41) is 59.2. The third-order valence-corrected chi connectivity index (χ3v) is 0. The summed E-state index contributed by atoms with van der Waals surface area (Å²) in [6.07, 6.45) is 0. The van der Waals surface area contributed by atoms with Crippen LogP contribution in [0.15, 0.2) is 0 Å². The van der Waals surface area contributed by atoms with E-state index in [2.05, 4.69) is 0 Å². The monoisotopic (exact) mass is 578 g/mol. The van der Waals surface area contributed by atoms with Gasteiger partial charge in [-0.2, -0.15) is 0 Å². The molecule has 33 heavy (non-hydrogen) atoms. The molecule has 0 amide bonds. The fraction of sp³-hybridized carbons (Fsp3) is 0.947. The van der Waals surface area contributed by atoms with Crippen LogP contribution in [0, 0.1) is 0 Å². The zero-order valence-electron chi connectivity index (χ0n) is 9.86. The van der Waals surface area contributed by atoms with Crippen molar-refractivity contribution >= 4 is 6.47 Å². The van der Waals surface area contributed by atoms with Crippen LogP contribution in [0.2, 0.25) is 0 Å². The Kier molecular flexibility index (Phi) is 31400. The van der Waals surface area contributed by atoms with Gasteiger partial charge in [0.05, 0.1) is 0 Å². The van der Waals surface area contributed by atoms with Crippen LogP contribution in [0.1, 0.15) is 104 Å². The number of carbonyl (C=O) groups is 1. The molecule has 0 aromatic rings. The third-order valence-electron chi connectivity index (χ3n) is 0. The van der Waals surface area contributed by atoms with E-state index >= 15 is 0 Å². The molecular weight excluding hydrogens is 500 g/mol. The molecule has 0 aliphatic carbocycles. The number of carbonyl (C=O) groups excluding carboxylic acids is 1. The van der Waals surface area contributed by atoms with Crippen LogP contribution in [-0.2, 0) is 21.9 Å². The Balaban J connectivity index is -0.00000000122. The second-order valence-electron chi connectivity index (χ2n) is 0.508. The van der Waals surface area contributed by atoms with Gasteiger partial charge < -0.3 is 67.6 Å². The Morgan fingerprint density at radius 2 is 0.545 bits per heavy atom. The van der Waals surface area contributed by atoms with Crippen LogP contribution in [0.4, 0.5) is 0 Å². The molecule has 14 heteroatoms. The predicted octanol–water partition coefficient (Wildman–Crippen LogP) is 0.380. The van der Waals surface area contributed by atoms with Crippen molar-refractivity contribution in [2.75, 3.05) is 27.5 Å². The maximum atomic E-state index is 8.49. The number of aliphatic hydroxyl groups excluding tert-OH is 4. The molecule has 0 rings (SSSR count). The van der Waals surface area contributed by atoms with Crippen LogP contribution in [0.5, 0.6) is 0 Å². The van der Waals surface area contributed by atoms with Crippen molar-refractivity contribution < 1.29 is 84.6 Å². The van der Waals surface area contributed by atoms with E-state index in [9.17, 15) is 0 Å². The fourth-order valence-corrected chi connectivity index (χ4v) is 0. The zero-order chi connectivity index (χ0) is 12.8. The van der Waals surface area contributed by atoms with Gasteiger partial charge in [-0.3, -0.25) is 0 Å². The molecule has 245 valence electrons. The Morgan fingerprint density at radius 1 is 0.545 bits per heavy atom. The van der Waals surface area contributed by atoms with E-state index < -0.39 is 26.9 Å². The third kappa shape index (κ3) is 136000. The van der Waals surface area contributed by atoms with Gasteiger partial charge >= 0.3 is 17.1 Å². The quantitative estimate of drug-likeness (QED) is 0.130. The van der Waals surface area contributed by atoms with Gasteiger partial charge in [-0.1, -0.05) is 104 Å². The maximum Gasteiger partial charge on any atom is 2.00 e. The van der Waals surface area contributed by atoms with Crippen LogP contribution < -0.4 is 10.2 Å². The van der Waals surface area contributed by atoms with Crippen LogP contribution >= 0.6 is 0 Å². The second-order valence-corrected chi connectivity index (χ2v) is 0.508. The molecule has 0 heterocycles. The Bertz CT molecular complexity index is 61.9. The maximum absolute atomic E-state index is 8.49. The molecular formula is C19H79CuO13-. The number of rotatable bonds is 0. The van der Waals surface area contributed by atoms with Crippen molar-refractivity contribution in [2.24, 2.45) is 0 Å². The van der Waals surface area contributed by atoms with E-state index in [-0.39, 0.29) is 143 Å². The summed E-state index contributed by atoms with van der Waals surface area (Å²) in [5.41, 5.74) is 0. The number of hydrogen-bond donors (Lipinski definition) is 6. The van der Waals surface area contributed by atoms with Crippen molar-refractivity contribution in [3.8, 4) is 0 Å². The molecule has 0 aliphatic heterocycles. The van der Waals surface area contributed by atoms with Gasteiger partial charge in [0.2, 0.25) is 0 Å². The van der Waals surface area contributed by atoms with Gasteiger partial charge in [-0.25, -0.2) is 0 Å². The summed E-state index contributed by atoms with van der Waals surface area (Å²) in [6.45, 7) is -3.00. The molecule has 0 bridgehead atoms. The largest absolute Gasteiger partial charge is 2.00 e. The first-order valence-electron chi connectivity index (χ1n) is 2.79. The Hall–Kier alpha value is -0.451. The number of aliphatic hydroxyl groups is 6. The van der Waals surface area contributed by atoms with Gasteiger partial charge in [-0.15, -0.1) is 0 Å². The molecule has 0 spiro atoms. The van der Waals surface area contributed by atoms with E-state index in [1.807, 2.05) is 0 Å². The first-order chi connectivity index (χ1) is 6.66. The minimum absolute atomic E-state index is 0. The summed E-state index contributed by atoms with van der Waals surface area (Å²) in [5.74, 6) is 0. The first-order valence-corrected chi connectivity index (χ1v) is 2.79. The molecule has 13 N–H and O–H groups in total. The first kappa shape index (κ1) is 443. The molecule has 0 saturated heterocycles. The molecule has 0 unspecified atom stereocenters. The molecule has 13 nitrogen and oxygen atoms in total. The molecule has 0 saturated carbocycles. The summed E-state index contributed by atoms with van der Waals surface area (Å²) >= 11 is 0. The molecule has 0 fully saturated rings. The van der Waals surface area contributed by atoms with Crippen molar-refractivity contribution in [1.29, 1.82) is 0 Å². The van der Waals surface area contributed by atoms with E-state index in [1.54, 1.807) is 0 Å². The van der Waals surface area contributed by atoms with Crippen LogP contribution in [0.3, 0.4) is 0 Å². The summed E-state index contributed by atoms with van der Waals surface area (Å²) in [6, 6.07) is 0. The van der Waals surface area contributed by atoms with Crippen molar-refractivity contribution in [3.05, 3.63) is 0 Å². The minimum atomic E-state index is -1.00. The summed E-state index contributed by atoms with van der Waals surface area (Å²) < 4.78 is 0. The van der Waals surface area contributed by atoms with E-state index in [0.717, 1.165) is 7.11 Å². The topological polar surface area (TPSA) is 309 Å². The fourth-order valence-electron chi connectivity index (χ4n) is 0. The Morgan fingerprint density at radius 3 is 0.545 bits per heavy atom. The average Bonchev–Trinajstić information content (AvgIpc) is 2.12. The molecule has 0 aliphatic rings. The van der Waals surface area contributed by atoms with Crippen molar-refractivity contribution in [1.82, 2.24) is 0 Å². The smallest absolute Gasteiger partial charge is 0.870 e. The zero-order valence-corrected chi connectivity index (χ0v) is 10.8. The minimum Gasteiger partial charge on any atom is -0.870 e. The van der Waals surface area contributed by atoms with E-state index in [4.69, 9.17) is 45.6 Å². The number of carboxylic acid groups (broad SMARTS) is 1. The molecule has 0 atom stereocenters. The van der Waals surface area contributed by atoms with Crippen LogP contribution in [-0.4, -0.2) is 86.5 Å². The normalized spacial score (nSPS) is 2.18. The van der Waals surface area contributed by atoms with E-state index in [0.29, 0.717) is 0 Å². The SMILES string of the molecule is C.C.C.C.C.C.C.C.C.C.C.C.C.C.CO.O.O.O.O=C[O-].OCO.OCO.[Cu+2].[O-]CO.[OH-]. The van der Waals surface area contributed by atoms with Crippen molar-refractivity contribution in [3.63, 3.8) is 0 Å². The standard InChI is InChI=1S/2CH4O2.CH3O2.CH2O2.CH4O.14CH4.Cu.4H2O/c4*2-1-3;1-2;;;;;;;;;;;;;;;;;;;/h2*2-3H,1H2;2H,1H2;1H,(H,2,3);2H,1H3;14*1H4;;4*1H2/q;;-1;;;;;;;;;;;;;;;;;+2;;;;/p-2. The number of hydrogen-bond acceptors (Lipinski definition) is 10.